The second kappa shape index (κ2) is 9.32. The number of hydrogen-bond acceptors (Lipinski definition) is 4. The molecule has 4 heteroatoms. The van der Waals surface area contributed by atoms with Crippen molar-refractivity contribution in [2.45, 2.75) is 52.5 Å². The van der Waals surface area contributed by atoms with E-state index < -0.39 is 0 Å². The zero-order valence-corrected chi connectivity index (χ0v) is 12.8. The Balaban J connectivity index is 2.21. The van der Waals surface area contributed by atoms with Crippen LogP contribution in [-0.4, -0.2) is 49.7 Å². The third kappa shape index (κ3) is 6.39. The van der Waals surface area contributed by atoms with Crippen LogP contribution in [0.3, 0.4) is 0 Å². The Labute approximate surface area is 117 Å². The topological polar surface area (TPSA) is 41.6 Å². The molecule has 19 heavy (non-hydrogen) atoms. The molecule has 4 nitrogen and oxygen atoms in total. The lowest BCUT2D eigenvalue weighted by molar-refractivity contribution is -0.143. The Morgan fingerprint density at radius 1 is 1.47 bits per heavy atom. The largest absolute Gasteiger partial charge is 0.466 e. The maximum absolute atomic E-state index is 11.3. The quantitative estimate of drug-likeness (QED) is 0.685. The summed E-state index contributed by atoms with van der Waals surface area (Å²) in [6.07, 6.45) is 4.31. The molecule has 0 amide bonds. The lowest BCUT2D eigenvalue weighted by atomic mass is 9.91. The highest BCUT2D eigenvalue weighted by Gasteiger charge is 2.23. The van der Waals surface area contributed by atoms with Gasteiger partial charge < -0.3 is 15.0 Å². The summed E-state index contributed by atoms with van der Waals surface area (Å²) in [5.74, 6) is 0.612. The van der Waals surface area contributed by atoms with Crippen molar-refractivity contribution in [3.05, 3.63) is 0 Å². The Hall–Kier alpha value is -0.610. The molecule has 0 spiro atoms. The smallest absolute Gasteiger partial charge is 0.307 e. The standard InChI is InChI=1S/C15H30N2O2/c1-4-10-17-11-6-7-14(12-17)13(3)16-9-8-15(18)19-5-2/h13-14,16H,4-12H2,1-3H3. The summed E-state index contributed by atoms with van der Waals surface area (Å²) in [6.45, 7) is 11.2. The Kier molecular flexibility index (Phi) is 8.07. The van der Waals surface area contributed by atoms with Crippen molar-refractivity contribution in [2.24, 2.45) is 5.92 Å². The third-order valence-electron chi connectivity index (χ3n) is 3.89. The number of carbonyl (C=O) groups excluding carboxylic acids is 1. The van der Waals surface area contributed by atoms with E-state index in [0.717, 1.165) is 6.54 Å². The minimum Gasteiger partial charge on any atom is -0.466 e. The fourth-order valence-electron chi connectivity index (χ4n) is 2.82. The number of carbonyl (C=O) groups is 1. The molecule has 0 aliphatic carbocycles. The fraction of sp³-hybridized carbons (Fsp3) is 0.933. The highest BCUT2D eigenvalue weighted by Crippen LogP contribution is 2.19. The van der Waals surface area contributed by atoms with Gasteiger partial charge in [0.2, 0.25) is 0 Å². The molecule has 1 rings (SSSR count). The summed E-state index contributed by atoms with van der Waals surface area (Å²) < 4.78 is 4.93. The van der Waals surface area contributed by atoms with E-state index in [9.17, 15) is 4.79 Å². The summed E-state index contributed by atoms with van der Waals surface area (Å²) >= 11 is 0. The third-order valence-corrected chi connectivity index (χ3v) is 3.89. The molecule has 2 unspecified atom stereocenters. The van der Waals surface area contributed by atoms with Crippen LogP contribution in [0.15, 0.2) is 0 Å². The summed E-state index contributed by atoms with van der Waals surface area (Å²) in [5, 5.41) is 3.48. The van der Waals surface area contributed by atoms with Gasteiger partial charge >= 0.3 is 5.97 Å². The highest BCUT2D eigenvalue weighted by molar-refractivity contribution is 5.69. The molecule has 1 aliphatic rings. The molecular formula is C15H30N2O2. The molecule has 1 N–H and O–H groups in total. The number of hydrogen-bond donors (Lipinski definition) is 1. The number of nitrogens with one attached hydrogen (secondary N) is 1. The van der Waals surface area contributed by atoms with Crippen LogP contribution in [0, 0.1) is 5.92 Å². The Bertz CT molecular complexity index is 257. The van der Waals surface area contributed by atoms with E-state index in [-0.39, 0.29) is 5.97 Å². The van der Waals surface area contributed by atoms with E-state index in [2.05, 4.69) is 24.1 Å². The van der Waals surface area contributed by atoms with Gasteiger partial charge in [0.15, 0.2) is 0 Å². The first-order chi connectivity index (χ1) is 9.17. The van der Waals surface area contributed by atoms with Crippen LogP contribution in [0.5, 0.6) is 0 Å². The molecule has 0 bridgehead atoms. The Morgan fingerprint density at radius 2 is 2.26 bits per heavy atom. The number of ether oxygens (including phenoxy) is 1. The van der Waals surface area contributed by atoms with Crippen molar-refractivity contribution in [3.8, 4) is 0 Å². The predicted octanol–water partition coefficient (Wildman–Crippen LogP) is 2.04. The first-order valence-electron chi connectivity index (χ1n) is 7.78. The normalized spacial score (nSPS) is 22.2. The van der Waals surface area contributed by atoms with Crippen LogP contribution in [0.2, 0.25) is 0 Å². The van der Waals surface area contributed by atoms with Gasteiger partial charge in [-0.2, -0.15) is 0 Å². The van der Waals surface area contributed by atoms with Crippen molar-refractivity contribution in [2.75, 3.05) is 32.8 Å². The fourth-order valence-corrected chi connectivity index (χ4v) is 2.82. The van der Waals surface area contributed by atoms with E-state index >= 15 is 0 Å². The van der Waals surface area contributed by atoms with E-state index in [0.29, 0.717) is 25.0 Å². The van der Waals surface area contributed by atoms with E-state index in [4.69, 9.17) is 4.74 Å². The van der Waals surface area contributed by atoms with Gasteiger partial charge in [0.25, 0.3) is 0 Å². The summed E-state index contributed by atoms with van der Waals surface area (Å²) in [7, 11) is 0. The minimum absolute atomic E-state index is 0.0987. The molecule has 0 radical (unpaired) electrons. The van der Waals surface area contributed by atoms with Crippen LogP contribution in [0.1, 0.15) is 46.5 Å². The van der Waals surface area contributed by atoms with Crippen molar-refractivity contribution in [1.82, 2.24) is 10.2 Å². The molecule has 0 aromatic carbocycles. The SMILES string of the molecule is CCCN1CCCC(C(C)NCCC(=O)OCC)C1. The van der Waals surface area contributed by atoms with Crippen LogP contribution in [0.4, 0.5) is 0 Å². The second-order valence-electron chi connectivity index (χ2n) is 5.50. The maximum Gasteiger partial charge on any atom is 0.307 e. The van der Waals surface area contributed by atoms with Gasteiger partial charge in [-0.25, -0.2) is 0 Å². The molecule has 0 saturated carbocycles. The number of likely N-dealkylation sites (tertiary alicyclic amines) is 1. The molecule has 112 valence electrons. The minimum atomic E-state index is -0.0987. The highest BCUT2D eigenvalue weighted by atomic mass is 16.5. The number of nitrogens with zero attached hydrogens (tertiary/aromatic N) is 1. The molecule has 2 atom stereocenters. The van der Waals surface area contributed by atoms with E-state index in [1.165, 1.54) is 38.9 Å². The first-order valence-corrected chi connectivity index (χ1v) is 7.78. The zero-order valence-electron chi connectivity index (χ0n) is 12.8. The average molecular weight is 270 g/mol. The first kappa shape index (κ1) is 16.4. The second-order valence-corrected chi connectivity index (χ2v) is 5.50. The van der Waals surface area contributed by atoms with Gasteiger partial charge in [-0.1, -0.05) is 6.92 Å². The zero-order chi connectivity index (χ0) is 14.1. The Morgan fingerprint density at radius 3 is 2.95 bits per heavy atom. The molecule has 1 saturated heterocycles. The predicted molar refractivity (Wildman–Crippen MR) is 78.2 cm³/mol. The van der Waals surface area contributed by atoms with Crippen LogP contribution < -0.4 is 5.32 Å². The van der Waals surface area contributed by atoms with Crippen LogP contribution >= 0.6 is 0 Å². The van der Waals surface area contributed by atoms with E-state index in [1.807, 2.05) is 6.92 Å². The van der Waals surface area contributed by atoms with E-state index in [1.54, 1.807) is 0 Å². The van der Waals surface area contributed by atoms with Gasteiger partial charge in [-0.05, 0) is 52.1 Å². The monoisotopic (exact) mass is 270 g/mol. The van der Waals surface area contributed by atoms with Crippen molar-refractivity contribution >= 4 is 5.97 Å². The summed E-state index contributed by atoms with van der Waals surface area (Å²) in [4.78, 5) is 13.8. The lowest BCUT2D eigenvalue weighted by Crippen LogP contribution is -2.45. The lowest BCUT2D eigenvalue weighted by Gasteiger charge is -2.36. The molecule has 1 heterocycles. The van der Waals surface area contributed by atoms with Crippen LogP contribution in [0.25, 0.3) is 0 Å². The van der Waals surface area contributed by atoms with Gasteiger partial charge in [0, 0.05) is 19.1 Å². The molecule has 1 aliphatic heterocycles. The number of esters is 1. The van der Waals surface area contributed by atoms with Crippen molar-refractivity contribution in [1.29, 1.82) is 0 Å². The van der Waals surface area contributed by atoms with Gasteiger partial charge in [-0.15, -0.1) is 0 Å². The summed E-state index contributed by atoms with van der Waals surface area (Å²) in [5.41, 5.74) is 0. The average Bonchev–Trinajstić information content (AvgIpc) is 2.39. The molecule has 0 aromatic rings. The summed E-state index contributed by atoms with van der Waals surface area (Å²) in [6, 6.07) is 0.481. The molecule has 1 fully saturated rings. The van der Waals surface area contributed by atoms with Gasteiger partial charge in [0.1, 0.15) is 0 Å². The maximum atomic E-state index is 11.3. The number of rotatable bonds is 8. The molecular weight excluding hydrogens is 240 g/mol. The number of piperidine rings is 1. The molecule has 0 aromatic heterocycles. The van der Waals surface area contributed by atoms with Crippen molar-refractivity contribution in [3.63, 3.8) is 0 Å². The van der Waals surface area contributed by atoms with Gasteiger partial charge in [0.05, 0.1) is 13.0 Å². The van der Waals surface area contributed by atoms with Gasteiger partial charge in [-0.3, -0.25) is 4.79 Å². The van der Waals surface area contributed by atoms with Crippen molar-refractivity contribution < 1.29 is 9.53 Å². The van der Waals surface area contributed by atoms with Crippen LogP contribution in [-0.2, 0) is 9.53 Å².